The Morgan fingerprint density at radius 3 is 2.86 bits per heavy atom. The molecule has 1 unspecified atom stereocenters. The van der Waals surface area contributed by atoms with Crippen molar-refractivity contribution in [1.82, 2.24) is 15.2 Å². The fourth-order valence-electron chi connectivity index (χ4n) is 3.79. The van der Waals surface area contributed by atoms with E-state index in [1.165, 1.54) is 11.1 Å². The molecule has 0 saturated heterocycles. The second-order valence-corrected chi connectivity index (χ2v) is 8.31. The van der Waals surface area contributed by atoms with Gasteiger partial charge >= 0.3 is 0 Å². The Hall–Kier alpha value is -2.25. The number of likely N-dealkylation sites (N-methyl/N-ethyl adjacent to an activating group) is 1. The van der Waals surface area contributed by atoms with Gasteiger partial charge in [-0.25, -0.2) is 4.98 Å². The van der Waals surface area contributed by atoms with E-state index < -0.39 is 0 Å². The van der Waals surface area contributed by atoms with Gasteiger partial charge in [-0.05, 0) is 36.2 Å². The van der Waals surface area contributed by atoms with E-state index >= 15 is 0 Å². The fraction of sp³-hybridized carbons (Fsp3) is 0.348. The third-order valence-electron chi connectivity index (χ3n) is 5.24. The zero-order valence-corrected chi connectivity index (χ0v) is 17.5. The quantitative estimate of drug-likeness (QED) is 0.598. The van der Waals surface area contributed by atoms with Crippen LogP contribution in [0.15, 0.2) is 54.0 Å². The Bertz CT molecular complexity index is 912. The molecule has 3 aromatic rings. The minimum absolute atomic E-state index is 0.340. The van der Waals surface area contributed by atoms with E-state index in [2.05, 4.69) is 57.7 Å². The van der Waals surface area contributed by atoms with E-state index in [-0.39, 0.29) is 6.10 Å². The maximum atomic E-state index is 10.1. The van der Waals surface area contributed by atoms with Gasteiger partial charge in [-0.15, -0.1) is 11.3 Å². The van der Waals surface area contributed by atoms with Crippen LogP contribution in [0, 0.1) is 0 Å². The average Bonchev–Trinajstić information content (AvgIpc) is 3.27. The van der Waals surface area contributed by atoms with Crippen molar-refractivity contribution in [3.05, 3.63) is 70.7 Å². The van der Waals surface area contributed by atoms with Crippen molar-refractivity contribution in [2.75, 3.05) is 26.7 Å². The molecule has 0 radical (unpaired) electrons. The van der Waals surface area contributed by atoms with Gasteiger partial charge in [0.25, 0.3) is 0 Å². The minimum atomic E-state index is -0.340. The highest BCUT2D eigenvalue weighted by atomic mass is 32.1. The molecule has 2 heterocycles. The summed E-state index contributed by atoms with van der Waals surface area (Å²) in [4.78, 5) is 6.67. The second-order valence-electron chi connectivity index (χ2n) is 7.41. The van der Waals surface area contributed by atoms with Crippen LogP contribution in [0.3, 0.4) is 0 Å². The predicted molar refractivity (Wildman–Crippen MR) is 117 cm³/mol. The first-order valence-corrected chi connectivity index (χ1v) is 10.9. The van der Waals surface area contributed by atoms with Crippen LogP contribution in [0.25, 0.3) is 10.6 Å². The molecule has 1 atom stereocenters. The summed E-state index contributed by atoms with van der Waals surface area (Å²) >= 11 is 1.65. The van der Waals surface area contributed by atoms with Crippen LogP contribution in [-0.2, 0) is 19.6 Å². The van der Waals surface area contributed by atoms with E-state index in [9.17, 15) is 5.11 Å². The molecule has 2 N–H and O–H groups in total. The monoisotopic (exact) mass is 409 g/mol. The van der Waals surface area contributed by atoms with Gasteiger partial charge in [0.05, 0.1) is 6.10 Å². The summed E-state index contributed by atoms with van der Waals surface area (Å²) in [7, 11) is 1.87. The molecule has 0 spiro atoms. The lowest BCUT2D eigenvalue weighted by Crippen LogP contribution is -2.40. The number of rotatable bonds is 8. The van der Waals surface area contributed by atoms with E-state index in [1.807, 2.05) is 18.6 Å². The standard InChI is InChI=1S/C23H27N3O2S/c1-24-13-20(27)15-26-11-9-21-19(14-26)3-2-4-22(21)28-16-17-5-7-18(8-6-17)23-25-10-12-29-23/h2-8,10,12,20,24,27H,9,11,13-16H2,1H3. The normalized spacial score (nSPS) is 15.1. The molecule has 152 valence electrons. The maximum Gasteiger partial charge on any atom is 0.123 e. The van der Waals surface area contributed by atoms with Crippen molar-refractivity contribution >= 4 is 11.3 Å². The third kappa shape index (κ3) is 5.03. The van der Waals surface area contributed by atoms with Crippen LogP contribution >= 0.6 is 11.3 Å². The molecule has 5 nitrogen and oxygen atoms in total. The van der Waals surface area contributed by atoms with E-state index in [0.717, 1.165) is 41.4 Å². The van der Waals surface area contributed by atoms with Crippen LogP contribution in [0.4, 0.5) is 0 Å². The first-order chi connectivity index (χ1) is 14.2. The van der Waals surface area contributed by atoms with E-state index in [4.69, 9.17) is 4.74 Å². The number of nitrogens with zero attached hydrogens (tertiary/aromatic N) is 2. The molecule has 1 aliphatic rings. The molecule has 6 heteroatoms. The largest absolute Gasteiger partial charge is 0.489 e. The molecule has 4 rings (SSSR count). The van der Waals surface area contributed by atoms with Crippen LogP contribution in [0.1, 0.15) is 16.7 Å². The van der Waals surface area contributed by atoms with Gasteiger partial charge < -0.3 is 15.2 Å². The Labute approximate surface area is 176 Å². The molecular formula is C23H27N3O2S. The Balaban J connectivity index is 1.38. The van der Waals surface area contributed by atoms with Gasteiger partial charge in [-0.1, -0.05) is 36.4 Å². The maximum absolute atomic E-state index is 10.1. The molecule has 29 heavy (non-hydrogen) atoms. The minimum Gasteiger partial charge on any atom is -0.489 e. The number of aliphatic hydroxyl groups is 1. The Morgan fingerprint density at radius 2 is 2.10 bits per heavy atom. The summed E-state index contributed by atoms with van der Waals surface area (Å²) in [5.41, 5.74) is 4.88. The summed E-state index contributed by atoms with van der Waals surface area (Å²) in [5, 5.41) is 16.1. The number of fused-ring (bicyclic) bond motifs is 1. The van der Waals surface area contributed by atoms with Gasteiger partial charge in [-0.2, -0.15) is 0 Å². The summed E-state index contributed by atoms with van der Waals surface area (Å²) < 4.78 is 6.19. The number of nitrogens with one attached hydrogen (secondary N) is 1. The van der Waals surface area contributed by atoms with Crippen molar-refractivity contribution < 1.29 is 9.84 Å². The number of benzene rings is 2. The van der Waals surface area contributed by atoms with Crippen molar-refractivity contribution in [3.8, 4) is 16.3 Å². The first kappa shape index (κ1) is 20.0. The van der Waals surface area contributed by atoms with Gasteiger partial charge in [0.2, 0.25) is 0 Å². The molecule has 1 aromatic heterocycles. The number of aliphatic hydroxyl groups excluding tert-OH is 1. The molecule has 0 bridgehead atoms. The van der Waals surface area contributed by atoms with Crippen molar-refractivity contribution in [3.63, 3.8) is 0 Å². The Morgan fingerprint density at radius 1 is 1.24 bits per heavy atom. The zero-order valence-electron chi connectivity index (χ0n) is 16.7. The van der Waals surface area contributed by atoms with Crippen molar-refractivity contribution in [1.29, 1.82) is 0 Å². The number of thiazole rings is 1. The number of aromatic nitrogens is 1. The molecule has 0 fully saturated rings. The van der Waals surface area contributed by atoms with E-state index in [1.54, 1.807) is 11.3 Å². The summed E-state index contributed by atoms with van der Waals surface area (Å²) in [6, 6.07) is 14.7. The van der Waals surface area contributed by atoms with E-state index in [0.29, 0.717) is 19.7 Å². The third-order valence-corrected chi connectivity index (χ3v) is 6.06. The number of β-amino-alcohol motifs (C(OH)–C–C–N with tert-alkyl or cyclic N) is 1. The SMILES string of the molecule is CNCC(O)CN1CCc2c(cccc2OCc2ccc(-c3nccs3)cc2)C1. The highest BCUT2D eigenvalue weighted by Gasteiger charge is 2.21. The van der Waals surface area contributed by atoms with Crippen molar-refractivity contribution in [2.24, 2.45) is 0 Å². The summed E-state index contributed by atoms with van der Waals surface area (Å²) in [6.45, 7) is 3.66. The number of hydrogen-bond donors (Lipinski definition) is 2. The lowest BCUT2D eigenvalue weighted by Gasteiger charge is -2.31. The van der Waals surface area contributed by atoms with Crippen LogP contribution < -0.4 is 10.1 Å². The molecule has 1 aliphatic heterocycles. The van der Waals surface area contributed by atoms with Crippen LogP contribution in [-0.4, -0.2) is 47.8 Å². The highest BCUT2D eigenvalue weighted by molar-refractivity contribution is 7.13. The van der Waals surface area contributed by atoms with Gasteiger partial charge in [-0.3, -0.25) is 4.90 Å². The van der Waals surface area contributed by atoms with Crippen LogP contribution in [0.2, 0.25) is 0 Å². The molecule has 0 amide bonds. The lowest BCUT2D eigenvalue weighted by molar-refractivity contribution is 0.105. The highest BCUT2D eigenvalue weighted by Crippen LogP contribution is 2.29. The molecular weight excluding hydrogens is 382 g/mol. The molecule has 0 saturated carbocycles. The fourth-order valence-corrected chi connectivity index (χ4v) is 4.44. The molecule has 0 aliphatic carbocycles. The second kappa shape index (κ2) is 9.50. The Kier molecular flexibility index (Phi) is 6.56. The smallest absolute Gasteiger partial charge is 0.123 e. The van der Waals surface area contributed by atoms with Gasteiger partial charge in [0.1, 0.15) is 17.4 Å². The van der Waals surface area contributed by atoms with Crippen LogP contribution in [0.5, 0.6) is 5.75 Å². The first-order valence-electron chi connectivity index (χ1n) is 10.0. The lowest BCUT2D eigenvalue weighted by atomic mass is 9.98. The number of ether oxygens (including phenoxy) is 1. The number of hydrogen-bond acceptors (Lipinski definition) is 6. The van der Waals surface area contributed by atoms with Crippen molar-refractivity contribution in [2.45, 2.75) is 25.7 Å². The molecule has 2 aromatic carbocycles. The summed E-state index contributed by atoms with van der Waals surface area (Å²) in [5.74, 6) is 0.974. The predicted octanol–water partition coefficient (Wildman–Crippen LogP) is 3.33. The summed E-state index contributed by atoms with van der Waals surface area (Å²) in [6.07, 6.45) is 2.44. The van der Waals surface area contributed by atoms with Gasteiger partial charge in [0, 0.05) is 43.3 Å². The topological polar surface area (TPSA) is 57.6 Å². The average molecular weight is 410 g/mol. The zero-order chi connectivity index (χ0) is 20.1. The van der Waals surface area contributed by atoms with Gasteiger partial charge in [0.15, 0.2) is 0 Å².